The fraction of sp³-hybridized carbons (Fsp3) is 0.875. The molecule has 0 bridgehead atoms. The zero-order valence-corrected chi connectivity index (χ0v) is 13.8. The summed E-state index contributed by atoms with van der Waals surface area (Å²) in [7, 11) is 0. The number of likely N-dealkylation sites (tertiary alicyclic amines) is 1. The molecule has 6 heteroatoms. The van der Waals surface area contributed by atoms with E-state index in [4.69, 9.17) is 9.47 Å². The van der Waals surface area contributed by atoms with Crippen LogP contribution in [0.25, 0.3) is 0 Å². The highest BCUT2D eigenvalue weighted by Crippen LogP contribution is 2.34. The number of amides is 1. The molecule has 0 unspecified atom stereocenters. The van der Waals surface area contributed by atoms with Crippen LogP contribution in [-0.4, -0.2) is 54.0 Å². The first-order valence-corrected chi connectivity index (χ1v) is 8.01. The number of carboxylic acid groups (broad SMARTS) is 1. The van der Waals surface area contributed by atoms with Crippen LogP contribution in [0, 0.1) is 11.3 Å². The summed E-state index contributed by atoms with van der Waals surface area (Å²) in [5.74, 6) is -0.208. The molecule has 2 aliphatic rings. The molecule has 1 saturated heterocycles. The van der Waals surface area contributed by atoms with Crippen LogP contribution in [0.1, 0.15) is 46.5 Å². The summed E-state index contributed by atoms with van der Waals surface area (Å²) in [6.45, 7) is 7.15. The molecular formula is C16H27NO5. The number of ether oxygens (including phenoxy) is 2. The fourth-order valence-corrected chi connectivity index (χ4v) is 2.57. The molecule has 0 aromatic heterocycles. The molecule has 1 aliphatic carbocycles. The van der Waals surface area contributed by atoms with Gasteiger partial charge in [-0.15, -0.1) is 0 Å². The molecule has 22 heavy (non-hydrogen) atoms. The van der Waals surface area contributed by atoms with Gasteiger partial charge in [0.15, 0.2) is 0 Å². The van der Waals surface area contributed by atoms with E-state index >= 15 is 0 Å². The Hall–Kier alpha value is -1.30. The van der Waals surface area contributed by atoms with Crippen LogP contribution < -0.4 is 0 Å². The molecule has 2 fully saturated rings. The lowest BCUT2D eigenvalue weighted by atomic mass is 9.79. The maximum absolute atomic E-state index is 12.0. The Kier molecular flexibility index (Phi) is 5.00. The van der Waals surface area contributed by atoms with Gasteiger partial charge in [-0.05, 0) is 52.4 Å². The summed E-state index contributed by atoms with van der Waals surface area (Å²) in [6, 6.07) is 0. The van der Waals surface area contributed by atoms with E-state index in [1.807, 2.05) is 20.8 Å². The number of carbonyl (C=O) groups is 2. The van der Waals surface area contributed by atoms with E-state index in [1.54, 1.807) is 4.90 Å². The third kappa shape index (κ3) is 4.60. The van der Waals surface area contributed by atoms with Gasteiger partial charge in [0.2, 0.25) is 0 Å². The van der Waals surface area contributed by atoms with Crippen molar-refractivity contribution in [2.45, 2.75) is 52.1 Å². The summed E-state index contributed by atoms with van der Waals surface area (Å²) in [5, 5.41) is 9.57. The van der Waals surface area contributed by atoms with Crippen LogP contribution in [0.5, 0.6) is 0 Å². The molecule has 0 atom stereocenters. The van der Waals surface area contributed by atoms with Crippen molar-refractivity contribution in [1.82, 2.24) is 4.90 Å². The molecule has 0 radical (unpaired) electrons. The van der Waals surface area contributed by atoms with Gasteiger partial charge < -0.3 is 19.5 Å². The summed E-state index contributed by atoms with van der Waals surface area (Å²) in [5.41, 5.74) is -1.40. The normalized spacial score (nSPS) is 21.5. The van der Waals surface area contributed by atoms with Crippen molar-refractivity contribution in [1.29, 1.82) is 0 Å². The highest BCUT2D eigenvalue weighted by molar-refractivity contribution is 5.76. The second kappa shape index (κ2) is 6.44. The van der Waals surface area contributed by atoms with Gasteiger partial charge in [0, 0.05) is 19.7 Å². The summed E-state index contributed by atoms with van der Waals surface area (Å²) < 4.78 is 11.0. The van der Waals surface area contributed by atoms with Crippen molar-refractivity contribution in [3.8, 4) is 0 Å². The first-order valence-electron chi connectivity index (χ1n) is 8.01. The second-order valence-corrected chi connectivity index (χ2v) is 7.51. The average Bonchev–Trinajstić information content (AvgIpc) is 3.21. The van der Waals surface area contributed by atoms with Gasteiger partial charge in [-0.25, -0.2) is 4.79 Å². The lowest BCUT2D eigenvalue weighted by molar-refractivity contribution is -0.157. The first-order chi connectivity index (χ1) is 10.2. The van der Waals surface area contributed by atoms with E-state index in [9.17, 15) is 14.7 Å². The van der Waals surface area contributed by atoms with Gasteiger partial charge in [-0.2, -0.15) is 0 Å². The number of hydrogen-bond acceptors (Lipinski definition) is 4. The van der Waals surface area contributed by atoms with Gasteiger partial charge in [0.1, 0.15) is 5.60 Å². The lowest BCUT2D eigenvalue weighted by Gasteiger charge is -2.39. The van der Waals surface area contributed by atoms with Gasteiger partial charge in [-0.1, -0.05) is 0 Å². The second-order valence-electron chi connectivity index (χ2n) is 7.51. The third-order valence-electron chi connectivity index (χ3n) is 4.25. The zero-order chi connectivity index (χ0) is 16.4. The SMILES string of the molecule is CC(C)(C)OC(=O)N1CCC(COCC2CC2)(C(=O)O)CC1. The van der Waals surface area contributed by atoms with E-state index in [2.05, 4.69) is 0 Å². The molecule has 0 aromatic carbocycles. The van der Waals surface area contributed by atoms with Crippen LogP contribution in [0.4, 0.5) is 4.79 Å². The van der Waals surface area contributed by atoms with E-state index < -0.39 is 17.0 Å². The van der Waals surface area contributed by atoms with Crippen molar-refractivity contribution < 1.29 is 24.2 Å². The summed E-state index contributed by atoms with van der Waals surface area (Å²) in [4.78, 5) is 25.3. The van der Waals surface area contributed by atoms with Crippen LogP contribution in [0.15, 0.2) is 0 Å². The van der Waals surface area contributed by atoms with Crippen LogP contribution in [0.3, 0.4) is 0 Å². The molecule has 1 amide bonds. The number of aliphatic carboxylic acids is 1. The lowest BCUT2D eigenvalue weighted by Crippen LogP contribution is -2.49. The van der Waals surface area contributed by atoms with Crippen molar-refractivity contribution >= 4 is 12.1 Å². The highest BCUT2D eigenvalue weighted by Gasteiger charge is 2.43. The summed E-state index contributed by atoms with van der Waals surface area (Å²) in [6.07, 6.45) is 2.82. The highest BCUT2D eigenvalue weighted by atomic mass is 16.6. The van der Waals surface area contributed by atoms with E-state index in [-0.39, 0.29) is 12.7 Å². The number of rotatable bonds is 5. The number of carbonyl (C=O) groups excluding carboxylic acids is 1. The minimum atomic E-state index is -0.868. The van der Waals surface area contributed by atoms with Crippen molar-refractivity contribution in [3.63, 3.8) is 0 Å². The first kappa shape index (κ1) is 17.1. The molecule has 0 aromatic rings. The standard InChI is InChI=1S/C16H27NO5/c1-15(2,3)22-14(20)17-8-6-16(7-9-17,13(18)19)11-21-10-12-4-5-12/h12H,4-11H2,1-3H3,(H,18,19). The van der Waals surface area contributed by atoms with Crippen molar-refractivity contribution in [2.24, 2.45) is 11.3 Å². The maximum Gasteiger partial charge on any atom is 0.410 e. The third-order valence-corrected chi connectivity index (χ3v) is 4.25. The molecule has 1 N–H and O–H groups in total. The Morgan fingerprint density at radius 3 is 2.27 bits per heavy atom. The maximum atomic E-state index is 12.0. The minimum absolute atomic E-state index is 0.237. The van der Waals surface area contributed by atoms with Crippen molar-refractivity contribution in [2.75, 3.05) is 26.3 Å². The molecule has 0 spiro atoms. The average molecular weight is 313 g/mol. The largest absolute Gasteiger partial charge is 0.481 e. The fourth-order valence-electron chi connectivity index (χ4n) is 2.57. The quantitative estimate of drug-likeness (QED) is 0.844. The van der Waals surface area contributed by atoms with Crippen LogP contribution >= 0.6 is 0 Å². The van der Waals surface area contributed by atoms with Gasteiger partial charge in [0.05, 0.1) is 12.0 Å². The summed E-state index contributed by atoms with van der Waals surface area (Å²) >= 11 is 0. The van der Waals surface area contributed by atoms with Gasteiger partial charge >= 0.3 is 12.1 Å². The van der Waals surface area contributed by atoms with E-state index in [0.29, 0.717) is 38.5 Å². The Morgan fingerprint density at radius 2 is 1.82 bits per heavy atom. The zero-order valence-electron chi connectivity index (χ0n) is 13.8. The number of hydrogen-bond donors (Lipinski definition) is 1. The van der Waals surface area contributed by atoms with Gasteiger partial charge in [-0.3, -0.25) is 4.79 Å². The molecule has 1 saturated carbocycles. The van der Waals surface area contributed by atoms with Crippen LogP contribution in [0.2, 0.25) is 0 Å². The number of piperidine rings is 1. The van der Waals surface area contributed by atoms with E-state index in [1.165, 1.54) is 12.8 Å². The number of carboxylic acids is 1. The smallest absolute Gasteiger partial charge is 0.410 e. The predicted octanol–water partition coefficient (Wildman–Crippen LogP) is 2.51. The molecule has 1 aliphatic heterocycles. The number of nitrogens with zero attached hydrogens (tertiary/aromatic N) is 1. The van der Waals surface area contributed by atoms with Crippen LogP contribution in [-0.2, 0) is 14.3 Å². The molecule has 1 heterocycles. The van der Waals surface area contributed by atoms with Gasteiger partial charge in [0.25, 0.3) is 0 Å². The topological polar surface area (TPSA) is 76.1 Å². The molecule has 126 valence electrons. The Balaban J connectivity index is 1.85. The molecule has 2 rings (SSSR count). The molecular weight excluding hydrogens is 286 g/mol. The minimum Gasteiger partial charge on any atom is -0.481 e. The predicted molar refractivity (Wildman–Crippen MR) is 80.7 cm³/mol. The monoisotopic (exact) mass is 313 g/mol. The Morgan fingerprint density at radius 1 is 1.23 bits per heavy atom. The Labute approximate surface area is 131 Å². The van der Waals surface area contributed by atoms with Crippen molar-refractivity contribution in [3.05, 3.63) is 0 Å². The molecule has 6 nitrogen and oxygen atoms in total. The Bertz CT molecular complexity index is 417. The van der Waals surface area contributed by atoms with E-state index in [0.717, 1.165) is 0 Å².